The van der Waals surface area contributed by atoms with E-state index in [0.29, 0.717) is 10.6 Å². The van der Waals surface area contributed by atoms with Crippen molar-refractivity contribution in [2.45, 2.75) is 31.4 Å². The second-order valence-electron chi connectivity index (χ2n) is 4.90. The molecule has 4 heteroatoms. The van der Waals surface area contributed by atoms with Gasteiger partial charge in [0.2, 0.25) is 8.87 Å². The summed E-state index contributed by atoms with van der Waals surface area (Å²) in [5, 5.41) is 0. The Kier molecular flexibility index (Phi) is 4.55. The summed E-state index contributed by atoms with van der Waals surface area (Å²) in [6.07, 6.45) is 0. The first-order chi connectivity index (χ1) is 9.40. The molecule has 0 saturated carbocycles. The van der Waals surface area contributed by atoms with E-state index in [1.54, 1.807) is 12.1 Å². The fraction of sp³-hybridized carbons (Fsp3) is 0.250. The topological polar surface area (TPSA) is 34.1 Å². The second-order valence-corrected chi connectivity index (χ2v) is 8.83. The number of aryl methyl sites for hydroxylation is 3. The molecule has 2 aromatic carbocycles. The summed E-state index contributed by atoms with van der Waals surface area (Å²) in [6, 6.07) is 13.0. The maximum Gasteiger partial charge on any atom is 0.230 e. The molecule has 0 fully saturated rings. The first kappa shape index (κ1) is 15.1. The Labute approximate surface area is 124 Å². The van der Waals surface area contributed by atoms with Crippen LogP contribution in [0.5, 0.6) is 0 Å². The summed E-state index contributed by atoms with van der Waals surface area (Å²) in [5.74, 6) is 0.481. The summed E-state index contributed by atoms with van der Waals surface area (Å²) in [7, 11) is -2.30. The lowest BCUT2D eigenvalue weighted by Gasteiger charge is -2.09. The summed E-state index contributed by atoms with van der Waals surface area (Å²) in [5.41, 5.74) is 4.44. The van der Waals surface area contributed by atoms with Crippen LogP contribution in [0.2, 0.25) is 0 Å². The lowest BCUT2D eigenvalue weighted by molar-refractivity contribution is 0.610. The number of rotatable bonds is 4. The molecular weight excluding hydrogens is 288 g/mol. The van der Waals surface area contributed by atoms with E-state index in [2.05, 4.69) is 0 Å². The zero-order valence-corrected chi connectivity index (χ0v) is 13.5. The third-order valence-corrected chi connectivity index (χ3v) is 6.74. The van der Waals surface area contributed by atoms with Crippen molar-refractivity contribution in [3.63, 3.8) is 0 Å². The van der Waals surface area contributed by atoms with Gasteiger partial charge in [0.15, 0.2) is 0 Å². The molecule has 2 nitrogen and oxygen atoms in total. The summed E-state index contributed by atoms with van der Waals surface area (Å²) in [6.45, 7) is 5.98. The first-order valence-electron chi connectivity index (χ1n) is 6.41. The van der Waals surface area contributed by atoms with Gasteiger partial charge in [0.1, 0.15) is 0 Å². The quantitative estimate of drug-likeness (QED) is 0.793. The lowest BCUT2D eigenvalue weighted by atomic mass is 10.1. The van der Waals surface area contributed by atoms with Gasteiger partial charge in [-0.2, -0.15) is 0 Å². The zero-order valence-electron chi connectivity index (χ0n) is 11.9. The van der Waals surface area contributed by atoms with Crippen molar-refractivity contribution in [3.05, 3.63) is 64.7 Å². The maximum atomic E-state index is 12.3. The minimum Gasteiger partial charge on any atom is -0.212 e. The maximum absolute atomic E-state index is 12.3. The molecule has 0 saturated heterocycles. The monoisotopic (exact) mass is 306 g/mol. The smallest absolute Gasteiger partial charge is 0.212 e. The van der Waals surface area contributed by atoms with Crippen molar-refractivity contribution in [2.75, 3.05) is 0 Å². The van der Waals surface area contributed by atoms with Crippen molar-refractivity contribution in [2.24, 2.45) is 0 Å². The Morgan fingerprint density at radius 2 is 1.45 bits per heavy atom. The number of hydrogen-bond donors (Lipinski definition) is 0. The third-order valence-electron chi connectivity index (χ3n) is 3.31. The van der Waals surface area contributed by atoms with Crippen LogP contribution < -0.4 is 0 Å². The van der Waals surface area contributed by atoms with Crippen molar-refractivity contribution < 1.29 is 8.42 Å². The van der Waals surface area contributed by atoms with Crippen LogP contribution in [0.1, 0.15) is 22.3 Å². The van der Waals surface area contributed by atoms with Crippen molar-refractivity contribution in [3.8, 4) is 0 Å². The molecule has 0 N–H and O–H groups in total. The minimum atomic E-state index is -3.29. The molecule has 20 heavy (non-hydrogen) atoms. The van der Waals surface area contributed by atoms with Gasteiger partial charge in [0, 0.05) is 5.75 Å². The second kappa shape index (κ2) is 6.02. The third kappa shape index (κ3) is 3.44. The van der Waals surface area contributed by atoms with Crippen LogP contribution in [0.3, 0.4) is 0 Å². The summed E-state index contributed by atoms with van der Waals surface area (Å²) < 4.78 is 24.6. The molecule has 2 rings (SSSR count). The van der Waals surface area contributed by atoms with Gasteiger partial charge in [-0.15, -0.1) is 0 Å². The fourth-order valence-electron chi connectivity index (χ4n) is 1.99. The van der Waals surface area contributed by atoms with Crippen LogP contribution in [0.15, 0.2) is 47.4 Å². The average Bonchev–Trinajstić information content (AvgIpc) is 2.38. The largest absolute Gasteiger partial charge is 0.230 e. The molecule has 0 unspecified atom stereocenters. The Morgan fingerprint density at radius 1 is 0.900 bits per heavy atom. The van der Waals surface area contributed by atoms with Gasteiger partial charge >= 0.3 is 0 Å². The van der Waals surface area contributed by atoms with Crippen LogP contribution in [0.4, 0.5) is 0 Å². The molecule has 0 aliphatic rings. The Balaban J connectivity index is 2.20. The Bertz CT molecular complexity index is 682. The highest BCUT2D eigenvalue weighted by molar-refractivity contribution is 8.71. The molecule has 0 amide bonds. The van der Waals surface area contributed by atoms with Crippen LogP contribution >= 0.6 is 10.8 Å². The Morgan fingerprint density at radius 3 is 2.00 bits per heavy atom. The van der Waals surface area contributed by atoms with E-state index in [4.69, 9.17) is 0 Å². The highest BCUT2D eigenvalue weighted by atomic mass is 33.1. The standard InChI is InChI=1S/C16H18O2S2/c1-12-7-9-15(10-8-12)20(17,18)19-11-16-13(2)5-4-6-14(16)3/h4-10H,11H2,1-3H3. The van der Waals surface area contributed by atoms with Gasteiger partial charge in [-0.3, -0.25) is 0 Å². The van der Waals surface area contributed by atoms with E-state index in [-0.39, 0.29) is 0 Å². The predicted molar refractivity (Wildman–Crippen MR) is 85.6 cm³/mol. The lowest BCUT2D eigenvalue weighted by Crippen LogP contribution is -1.98. The molecule has 0 aromatic heterocycles. The van der Waals surface area contributed by atoms with Crippen LogP contribution in [-0.4, -0.2) is 8.42 Å². The van der Waals surface area contributed by atoms with E-state index in [0.717, 1.165) is 33.0 Å². The zero-order chi connectivity index (χ0) is 14.8. The van der Waals surface area contributed by atoms with Gasteiger partial charge in [0.05, 0.1) is 4.90 Å². The van der Waals surface area contributed by atoms with Crippen molar-refractivity contribution in [1.29, 1.82) is 0 Å². The van der Waals surface area contributed by atoms with Gasteiger partial charge in [-0.05, 0) is 60.4 Å². The van der Waals surface area contributed by atoms with E-state index in [9.17, 15) is 8.42 Å². The molecule has 0 radical (unpaired) electrons. The van der Waals surface area contributed by atoms with Crippen LogP contribution in [0.25, 0.3) is 0 Å². The van der Waals surface area contributed by atoms with Gasteiger partial charge < -0.3 is 0 Å². The van der Waals surface area contributed by atoms with Crippen LogP contribution in [-0.2, 0) is 14.6 Å². The van der Waals surface area contributed by atoms with Gasteiger partial charge in [0.25, 0.3) is 0 Å². The summed E-state index contributed by atoms with van der Waals surface area (Å²) >= 11 is 0. The first-order valence-corrected chi connectivity index (χ1v) is 9.40. The highest BCUT2D eigenvalue weighted by Gasteiger charge is 2.16. The number of benzene rings is 2. The van der Waals surface area contributed by atoms with Crippen LogP contribution in [0, 0.1) is 20.8 Å². The summed E-state index contributed by atoms with van der Waals surface area (Å²) in [4.78, 5) is 0.374. The SMILES string of the molecule is Cc1ccc(S(=O)(=O)SCc2c(C)cccc2C)cc1. The molecule has 0 bridgehead atoms. The molecule has 0 heterocycles. The molecular formula is C16H18O2S2. The molecule has 106 valence electrons. The Hall–Kier alpha value is -1.26. The van der Waals surface area contributed by atoms with Gasteiger partial charge in [-0.25, -0.2) is 8.42 Å². The number of hydrogen-bond acceptors (Lipinski definition) is 3. The van der Waals surface area contributed by atoms with E-state index in [1.807, 2.05) is 51.1 Å². The average molecular weight is 306 g/mol. The fourth-order valence-corrected chi connectivity index (χ4v) is 4.88. The minimum absolute atomic E-state index is 0.374. The van der Waals surface area contributed by atoms with Crippen molar-refractivity contribution in [1.82, 2.24) is 0 Å². The van der Waals surface area contributed by atoms with E-state index >= 15 is 0 Å². The predicted octanol–water partition coefficient (Wildman–Crippen LogP) is 4.23. The molecule has 2 aromatic rings. The van der Waals surface area contributed by atoms with E-state index in [1.165, 1.54) is 0 Å². The molecule has 0 atom stereocenters. The van der Waals surface area contributed by atoms with Gasteiger partial charge in [-0.1, -0.05) is 35.9 Å². The highest BCUT2D eigenvalue weighted by Crippen LogP contribution is 2.29. The molecule has 0 aliphatic carbocycles. The molecule has 0 aliphatic heterocycles. The molecule has 0 spiro atoms. The van der Waals surface area contributed by atoms with E-state index < -0.39 is 8.87 Å². The normalized spacial score (nSPS) is 11.6. The van der Waals surface area contributed by atoms with Crippen molar-refractivity contribution >= 4 is 19.7 Å².